The molecular weight excluding hydrogens is 380 g/mol. The zero-order valence-electron chi connectivity index (χ0n) is 21.2. The maximum atomic E-state index is 11.2. The van der Waals surface area contributed by atoms with Gasteiger partial charge >= 0.3 is 0 Å². The quantitative estimate of drug-likeness (QED) is 0.446. The molecule has 0 spiro atoms. The van der Waals surface area contributed by atoms with Crippen LogP contribution >= 0.6 is 0 Å². The predicted octanol–water partition coefficient (Wildman–Crippen LogP) is 7.00. The minimum atomic E-state index is -0.349. The van der Waals surface area contributed by atoms with Crippen LogP contribution in [0.4, 0.5) is 0 Å². The second-order valence-electron chi connectivity index (χ2n) is 13.0. The highest BCUT2D eigenvalue weighted by molar-refractivity contribution is 5.29. The van der Waals surface area contributed by atoms with Crippen molar-refractivity contribution in [1.82, 2.24) is 0 Å². The van der Waals surface area contributed by atoms with Crippen LogP contribution in [0.2, 0.25) is 0 Å². The Bertz CT molecular complexity index is 668. The van der Waals surface area contributed by atoms with Crippen molar-refractivity contribution in [1.29, 1.82) is 0 Å². The van der Waals surface area contributed by atoms with Gasteiger partial charge in [-0.1, -0.05) is 60.5 Å². The van der Waals surface area contributed by atoms with Gasteiger partial charge in [-0.2, -0.15) is 0 Å². The van der Waals surface area contributed by atoms with E-state index in [0.29, 0.717) is 17.3 Å². The van der Waals surface area contributed by atoms with Crippen LogP contribution in [0.25, 0.3) is 0 Å². The van der Waals surface area contributed by atoms with Gasteiger partial charge in [-0.15, -0.1) is 0 Å². The Balaban J connectivity index is 1.50. The molecule has 0 heterocycles. The van der Waals surface area contributed by atoms with Crippen molar-refractivity contribution < 1.29 is 10.2 Å². The first-order valence-electron chi connectivity index (χ1n) is 13.7. The molecule has 2 nitrogen and oxygen atoms in total. The van der Waals surface area contributed by atoms with E-state index in [1.54, 1.807) is 0 Å². The third-order valence-corrected chi connectivity index (χ3v) is 11.3. The van der Waals surface area contributed by atoms with Crippen LogP contribution in [0.15, 0.2) is 11.6 Å². The number of rotatable bonds is 6. The number of hydrogen-bond acceptors (Lipinski definition) is 2. The SMILES string of the molecule is CC[C@H](CC[C@@H](C)[C@H]1CC[C@H]2[C@@H]3C[C@@H](O)C4=C[C@H](O)CC[C@]4(C)[C@H]3CC[C@]12C)C(C)C. The Morgan fingerprint density at radius 1 is 0.968 bits per heavy atom. The molecule has 0 saturated heterocycles. The molecule has 0 amide bonds. The average Bonchev–Trinajstić information content (AvgIpc) is 3.07. The molecule has 0 aromatic carbocycles. The number of hydrogen-bond donors (Lipinski definition) is 2. The van der Waals surface area contributed by atoms with E-state index < -0.39 is 0 Å². The lowest BCUT2D eigenvalue weighted by Gasteiger charge is -2.60. The fraction of sp³-hybridized carbons (Fsp3) is 0.931. The van der Waals surface area contributed by atoms with Gasteiger partial charge in [0.1, 0.15) is 0 Å². The molecule has 0 bridgehead atoms. The van der Waals surface area contributed by atoms with Gasteiger partial charge < -0.3 is 10.2 Å². The zero-order valence-corrected chi connectivity index (χ0v) is 21.2. The lowest BCUT2D eigenvalue weighted by molar-refractivity contribution is -0.0875. The molecule has 0 aromatic heterocycles. The lowest BCUT2D eigenvalue weighted by Crippen LogP contribution is -2.54. The normalized spacial score (nSPS) is 46.7. The average molecular weight is 431 g/mol. The van der Waals surface area contributed by atoms with E-state index in [2.05, 4.69) is 41.5 Å². The summed E-state index contributed by atoms with van der Waals surface area (Å²) in [6.07, 6.45) is 13.8. The smallest absolute Gasteiger partial charge is 0.0759 e. The summed E-state index contributed by atoms with van der Waals surface area (Å²) in [6.45, 7) is 14.8. The molecule has 0 radical (unpaired) electrons. The summed E-state index contributed by atoms with van der Waals surface area (Å²) < 4.78 is 0. The summed E-state index contributed by atoms with van der Waals surface area (Å²) in [5.74, 6) is 5.52. The van der Waals surface area contributed by atoms with Crippen LogP contribution < -0.4 is 0 Å². The van der Waals surface area contributed by atoms with Gasteiger partial charge in [0.05, 0.1) is 12.2 Å². The molecule has 31 heavy (non-hydrogen) atoms. The maximum Gasteiger partial charge on any atom is 0.0759 e. The monoisotopic (exact) mass is 430 g/mol. The van der Waals surface area contributed by atoms with E-state index in [-0.39, 0.29) is 17.6 Å². The number of aliphatic hydroxyl groups excluding tert-OH is 2. The first-order chi connectivity index (χ1) is 14.6. The van der Waals surface area contributed by atoms with Crippen LogP contribution in [0.3, 0.4) is 0 Å². The number of aliphatic hydroxyl groups is 2. The largest absolute Gasteiger partial charge is 0.389 e. The Morgan fingerprint density at radius 2 is 1.71 bits per heavy atom. The van der Waals surface area contributed by atoms with Crippen molar-refractivity contribution in [2.75, 3.05) is 0 Å². The molecule has 0 unspecified atom stereocenters. The molecule has 10 atom stereocenters. The first-order valence-corrected chi connectivity index (χ1v) is 13.7. The van der Waals surface area contributed by atoms with Crippen molar-refractivity contribution in [2.45, 2.75) is 118 Å². The highest BCUT2D eigenvalue weighted by Gasteiger charge is 2.60. The third-order valence-electron chi connectivity index (χ3n) is 11.3. The van der Waals surface area contributed by atoms with Crippen molar-refractivity contribution in [3.8, 4) is 0 Å². The van der Waals surface area contributed by atoms with Crippen LogP contribution in [0, 0.1) is 52.3 Å². The van der Waals surface area contributed by atoms with Crippen molar-refractivity contribution in [2.24, 2.45) is 52.3 Å². The summed E-state index contributed by atoms with van der Waals surface area (Å²) in [4.78, 5) is 0. The summed E-state index contributed by atoms with van der Waals surface area (Å²) in [6, 6.07) is 0. The third kappa shape index (κ3) is 3.96. The molecule has 0 aliphatic heterocycles. The van der Waals surface area contributed by atoms with E-state index in [1.165, 1.54) is 50.5 Å². The van der Waals surface area contributed by atoms with Crippen molar-refractivity contribution in [3.05, 3.63) is 11.6 Å². The minimum absolute atomic E-state index is 0.109. The molecule has 4 aliphatic carbocycles. The van der Waals surface area contributed by atoms with E-state index in [0.717, 1.165) is 48.9 Å². The van der Waals surface area contributed by atoms with Gasteiger partial charge in [0.15, 0.2) is 0 Å². The van der Waals surface area contributed by atoms with E-state index in [1.807, 2.05) is 6.08 Å². The van der Waals surface area contributed by atoms with Gasteiger partial charge in [0.2, 0.25) is 0 Å². The second-order valence-corrected chi connectivity index (χ2v) is 13.0. The van der Waals surface area contributed by atoms with Gasteiger partial charge in [0, 0.05) is 0 Å². The molecule has 2 N–H and O–H groups in total. The molecule has 178 valence electrons. The van der Waals surface area contributed by atoms with Gasteiger partial charge in [-0.05, 0) is 109 Å². The number of fused-ring (bicyclic) bond motifs is 5. The highest BCUT2D eigenvalue weighted by atomic mass is 16.3. The molecular formula is C29H50O2. The van der Waals surface area contributed by atoms with Crippen molar-refractivity contribution >= 4 is 0 Å². The molecule has 2 heteroatoms. The standard InChI is InChI=1S/C29H50O2/c1-7-20(18(2)3)9-8-19(4)23-10-11-24-22-17-27(31)26-16-21(30)12-14-29(26,6)25(22)13-15-28(23,24)5/h16,18-25,27,30-31H,7-15,17H2,1-6H3/t19-,20-,21-,22+,23-,24+,25+,27-,28-,29-/m1/s1. The van der Waals surface area contributed by atoms with Crippen LogP contribution in [0.5, 0.6) is 0 Å². The van der Waals surface area contributed by atoms with Crippen LogP contribution in [-0.4, -0.2) is 22.4 Å². The maximum absolute atomic E-state index is 11.2. The molecule has 4 aliphatic rings. The molecule has 4 rings (SSSR count). The van der Waals surface area contributed by atoms with Crippen molar-refractivity contribution in [3.63, 3.8) is 0 Å². The Hall–Kier alpha value is -0.340. The first kappa shape index (κ1) is 23.8. The Morgan fingerprint density at radius 3 is 2.39 bits per heavy atom. The van der Waals surface area contributed by atoms with Crippen LogP contribution in [0.1, 0.15) is 106 Å². The van der Waals surface area contributed by atoms with E-state index in [9.17, 15) is 10.2 Å². The molecule has 0 aromatic rings. The van der Waals surface area contributed by atoms with E-state index in [4.69, 9.17) is 0 Å². The predicted molar refractivity (Wildman–Crippen MR) is 130 cm³/mol. The van der Waals surface area contributed by atoms with Crippen LogP contribution in [-0.2, 0) is 0 Å². The second kappa shape index (κ2) is 8.79. The summed E-state index contributed by atoms with van der Waals surface area (Å²) in [5, 5.41) is 21.4. The Kier molecular flexibility index (Phi) is 6.75. The topological polar surface area (TPSA) is 40.5 Å². The summed E-state index contributed by atoms with van der Waals surface area (Å²) >= 11 is 0. The van der Waals surface area contributed by atoms with E-state index >= 15 is 0 Å². The fourth-order valence-corrected chi connectivity index (χ4v) is 9.42. The van der Waals surface area contributed by atoms with Gasteiger partial charge in [-0.3, -0.25) is 0 Å². The Labute approximate surface area is 192 Å². The summed E-state index contributed by atoms with van der Waals surface area (Å²) in [7, 11) is 0. The van der Waals surface area contributed by atoms with Gasteiger partial charge in [-0.25, -0.2) is 0 Å². The highest BCUT2D eigenvalue weighted by Crippen LogP contribution is 2.67. The zero-order chi connectivity index (χ0) is 22.6. The minimum Gasteiger partial charge on any atom is -0.389 e. The summed E-state index contributed by atoms with van der Waals surface area (Å²) in [5.41, 5.74) is 1.75. The molecule has 3 fully saturated rings. The van der Waals surface area contributed by atoms with Gasteiger partial charge in [0.25, 0.3) is 0 Å². The molecule has 3 saturated carbocycles. The fourth-order valence-electron chi connectivity index (χ4n) is 9.42. The lowest BCUT2D eigenvalue weighted by atomic mass is 9.46.